The second kappa shape index (κ2) is 9.76. The quantitative estimate of drug-likeness (QED) is 0.523. The largest absolute Gasteiger partial charge is 0.339 e. The number of amides is 1. The van der Waals surface area contributed by atoms with Crippen molar-refractivity contribution < 1.29 is 4.79 Å². The van der Waals surface area contributed by atoms with Gasteiger partial charge in [-0.25, -0.2) is 0 Å². The zero-order chi connectivity index (χ0) is 20.9. The van der Waals surface area contributed by atoms with Crippen LogP contribution in [0.1, 0.15) is 17.4 Å². The summed E-state index contributed by atoms with van der Waals surface area (Å²) in [7, 11) is 0. The monoisotopic (exact) mass is 441 g/mol. The zero-order valence-corrected chi connectivity index (χ0v) is 19.1. The number of piperazine rings is 1. The molecule has 8 heteroatoms. The van der Waals surface area contributed by atoms with Gasteiger partial charge in [-0.2, -0.15) is 0 Å². The van der Waals surface area contributed by atoms with Crippen molar-refractivity contribution in [1.82, 2.24) is 24.6 Å². The van der Waals surface area contributed by atoms with Crippen LogP contribution >= 0.6 is 23.1 Å². The van der Waals surface area contributed by atoms with E-state index >= 15 is 0 Å². The molecule has 1 amide bonds. The minimum Gasteiger partial charge on any atom is -0.339 e. The van der Waals surface area contributed by atoms with Crippen molar-refractivity contribution in [3.05, 3.63) is 52.2 Å². The van der Waals surface area contributed by atoms with E-state index in [0.29, 0.717) is 5.75 Å². The van der Waals surface area contributed by atoms with Crippen LogP contribution in [0.3, 0.4) is 0 Å². The number of rotatable bonds is 7. The maximum Gasteiger partial charge on any atom is 0.233 e. The van der Waals surface area contributed by atoms with Gasteiger partial charge in [-0.15, -0.1) is 21.5 Å². The lowest BCUT2D eigenvalue weighted by molar-refractivity contribution is -0.130. The molecule has 0 saturated carbocycles. The number of carbonyl (C=O) groups is 1. The van der Waals surface area contributed by atoms with Gasteiger partial charge in [0.05, 0.1) is 5.75 Å². The Morgan fingerprint density at radius 2 is 1.90 bits per heavy atom. The van der Waals surface area contributed by atoms with E-state index in [4.69, 9.17) is 0 Å². The SMILES string of the molecule is CCn1c(SCC(=O)N2CCN(Cc3cccs3)CC2)nnc1-c1ccccc1C. The number of hydrogen-bond acceptors (Lipinski definition) is 6. The molecule has 0 aliphatic carbocycles. The molecule has 0 unspecified atom stereocenters. The summed E-state index contributed by atoms with van der Waals surface area (Å²) in [5, 5.41) is 11.7. The van der Waals surface area contributed by atoms with Gasteiger partial charge in [0.1, 0.15) is 0 Å². The molecule has 0 atom stereocenters. The van der Waals surface area contributed by atoms with Gasteiger partial charge in [-0.3, -0.25) is 9.69 Å². The van der Waals surface area contributed by atoms with Crippen LogP contribution in [-0.4, -0.2) is 62.4 Å². The lowest BCUT2D eigenvalue weighted by Crippen LogP contribution is -2.48. The van der Waals surface area contributed by atoms with Crippen LogP contribution < -0.4 is 0 Å². The lowest BCUT2D eigenvalue weighted by Gasteiger charge is -2.34. The van der Waals surface area contributed by atoms with E-state index in [1.165, 1.54) is 22.2 Å². The molecule has 1 aromatic carbocycles. The number of thiophene rings is 1. The van der Waals surface area contributed by atoms with Crippen LogP contribution in [0, 0.1) is 6.92 Å². The Morgan fingerprint density at radius 3 is 2.60 bits per heavy atom. The van der Waals surface area contributed by atoms with E-state index < -0.39 is 0 Å². The maximum atomic E-state index is 12.8. The molecule has 30 heavy (non-hydrogen) atoms. The Hall–Kier alpha value is -2.16. The van der Waals surface area contributed by atoms with Gasteiger partial charge >= 0.3 is 0 Å². The summed E-state index contributed by atoms with van der Waals surface area (Å²) in [6.45, 7) is 9.36. The third-order valence-electron chi connectivity index (χ3n) is 5.43. The first-order valence-corrected chi connectivity index (χ1v) is 12.2. The Bertz CT molecular complexity index is 977. The summed E-state index contributed by atoms with van der Waals surface area (Å²) in [4.78, 5) is 18.5. The van der Waals surface area contributed by atoms with Crippen LogP contribution in [0.4, 0.5) is 0 Å². The smallest absolute Gasteiger partial charge is 0.233 e. The summed E-state index contributed by atoms with van der Waals surface area (Å²) in [5.41, 5.74) is 2.26. The van der Waals surface area contributed by atoms with Crippen molar-refractivity contribution in [2.75, 3.05) is 31.9 Å². The van der Waals surface area contributed by atoms with Gasteiger partial charge in [-0.05, 0) is 30.9 Å². The molecular weight excluding hydrogens is 414 g/mol. The van der Waals surface area contributed by atoms with Gasteiger partial charge in [0.15, 0.2) is 11.0 Å². The molecule has 6 nitrogen and oxygen atoms in total. The molecule has 158 valence electrons. The third kappa shape index (κ3) is 4.77. The molecule has 1 saturated heterocycles. The van der Waals surface area contributed by atoms with Gasteiger partial charge in [0.25, 0.3) is 0 Å². The fourth-order valence-corrected chi connectivity index (χ4v) is 5.35. The van der Waals surface area contributed by atoms with Crippen LogP contribution in [0.25, 0.3) is 11.4 Å². The Morgan fingerprint density at radius 1 is 1.10 bits per heavy atom. The summed E-state index contributed by atoms with van der Waals surface area (Å²) < 4.78 is 2.10. The first-order chi connectivity index (χ1) is 14.7. The van der Waals surface area contributed by atoms with Gasteiger partial charge < -0.3 is 9.47 Å². The zero-order valence-electron chi connectivity index (χ0n) is 17.5. The van der Waals surface area contributed by atoms with E-state index in [-0.39, 0.29) is 5.91 Å². The van der Waals surface area contributed by atoms with Crippen molar-refractivity contribution in [3.63, 3.8) is 0 Å². The minimum absolute atomic E-state index is 0.180. The average molecular weight is 442 g/mol. The van der Waals surface area contributed by atoms with Crippen molar-refractivity contribution in [2.24, 2.45) is 0 Å². The highest BCUT2D eigenvalue weighted by atomic mass is 32.2. The molecule has 0 bridgehead atoms. The molecule has 1 aliphatic heterocycles. The first-order valence-electron chi connectivity index (χ1n) is 10.3. The summed E-state index contributed by atoms with van der Waals surface area (Å²) in [6, 6.07) is 12.5. The van der Waals surface area contributed by atoms with Gasteiger partial charge in [0, 0.05) is 49.7 Å². The van der Waals surface area contributed by atoms with E-state index in [1.54, 1.807) is 11.3 Å². The molecule has 0 N–H and O–H groups in total. The Labute approximate surface area is 185 Å². The van der Waals surface area contributed by atoms with Crippen molar-refractivity contribution in [2.45, 2.75) is 32.1 Å². The number of nitrogens with zero attached hydrogens (tertiary/aromatic N) is 5. The number of hydrogen-bond donors (Lipinski definition) is 0. The molecule has 2 aromatic heterocycles. The first kappa shape index (κ1) is 21.1. The molecule has 4 rings (SSSR count). The molecular formula is C22H27N5OS2. The number of aromatic nitrogens is 3. The predicted octanol–water partition coefficient (Wildman–Crippen LogP) is 3.77. The highest BCUT2D eigenvalue weighted by Gasteiger charge is 2.22. The van der Waals surface area contributed by atoms with Gasteiger partial charge in [-0.1, -0.05) is 42.1 Å². The van der Waals surface area contributed by atoms with Crippen molar-refractivity contribution in [3.8, 4) is 11.4 Å². The minimum atomic E-state index is 0.180. The van der Waals surface area contributed by atoms with Gasteiger partial charge in [0.2, 0.25) is 5.91 Å². The topological polar surface area (TPSA) is 54.3 Å². The molecule has 3 heterocycles. The normalized spacial score (nSPS) is 14.9. The highest BCUT2D eigenvalue weighted by Crippen LogP contribution is 2.26. The maximum absolute atomic E-state index is 12.8. The lowest BCUT2D eigenvalue weighted by atomic mass is 10.1. The number of carbonyl (C=O) groups excluding carboxylic acids is 1. The third-order valence-corrected chi connectivity index (χ3v) is 7.24. The van der Waals surface area contributed by atoms with Crippen molar-refractivity contribution in [1.29, 1.82) is 0 Å². The van der Waals surface area contributed by atoms with E-state index in [2.05, 4.69) is 63.2 Å². The van der Waals surface area contributed by atoms with Crippen LogP contribution in [0.5, 0.6) is 0 Å². The second-order valence-corrected chi connectivity index (χ2v) is 9.37. The van der Waals surface area contributed by atoms with E-state index in [9.17, 15) is 4.79 Å². The Kier molecular flexibility index (Phi) is 6.86. The molecule has 3 aromatic rings. The number of aryl methyl sites for hydroxylation is 1. The average Bonchev–Trinajstić information content (AvgIpc) is 3.42. The van der Waals surface area contributed by atoms with Crippen LogP contribution in [0.2, 0.25) is 0 Å². The highest BCUT2D eigenvalue weighted by molar-refractivity contribution is 7.99. The fourth-order valence-electron chi connectivity index (χ4n) is 3.70. The van der Waals surface area contributed by atoms with Crippen LogP contribution in [0.15, 0.2) is 46.9 Å². The summed E-state index contributed by atoms with van der Waals surface area (Å²) in [6.07, 6.45) is 0. The summed E-state index contributed by atoms with van der Waals surface area (Å²) >= 11 is 3.28. The van der Waals surface area contributed by atoms with E-state index in [0.717, 1.165) is 55.8 Å². The van der Waals surface area contributed by atoms with Crippen molar-refractivity contribution >= 4 is 29.0 Å². The number of benzene rings is 1. The fraction of sp³-hybridized carbons (Fsp3) is 0.409. The van der Waals surface area contributed by atoms with Crippen LogP contribution in [-0.2, 0) is 17.9 Å². The summed E-state index contributed by atoms with van der Waals surface area (Å²) in [5.74, 6) is 1.45. The molecule has 1 aliphatic rings. The number of thioether (sulfide) groups is 1. The molecule has 0 spiro atoms. The Balaban J connectivity index is 1.33. The molecule has 1 fully saturated rings. The van der Waals surface area contributed by atoms with E-state index in [1.807, 2.05) is 17.0 Å². The molecule has 0 radical (unpaired) electrons. The standard InChI is InChI=1S/C22H27N5OS2/c1-3-27-21(19-9-5-4-7-17(19)2)23-24-22(27)30-16-20(28)26-12-10-25(11-13-26)15-18-8-6-14-29-18/h4-9,14H,3,10-13,15-16H2,1-2H3. The second-order valence-electron chi connectivity index (χ2n) is 7.39. The predicted molar refractivity (Wildman–Crippen MR) is 123 cm³/mol.